The predicted octanol–water partition coefficient (Wildman–Crippen LogP) is 2.72. The van der Waals surface area contributed by atoms with E-state index in [-0.39, 0.29) is 5.16 Å². The quantitative estimate of drug-likeness (QED) is 0.713. The first-order valence-corrected chi connectivity index (χ1v) is 8.91. The number of carbonyl (C=O) groups is 1. The molecule has 7 nitrogen and oxygen atoms in total. The number of fused-ring (bicyclic) bond motifs is 1. The molecule has 0 amide bonds. The number of aromatic nitrogens is 4. The molecule has 0 aliphatic rings. The third-order valence-electron chi connectivity index (χ3n) is 3.24. The van der Waals surface area contributed by atoms with E-state index in [2.05, 4.69) is 10.1 Å². The highest BCUT2D eigenvalue weighted by Crippen LogP contribution is 2.23. The van der Waals surface area contributed by atoms with Gasteiger partial charge < -0.3 is 4.74 Å². The highest BCUT2D eigenvalue weighted by molar-refractivity contribution is 7.84. The Morgan fingerprint density at radius 2 is 1.96 bits per heavy atom. The van der Waals surface area contributed by atoms with Gasteiger partial charge in [0.1, 0.15) is 5.60 Å². The van der Waals surface area contributed by atoms with Crippen LogP contribution in [-0.4, -0.2) is 41.3 Å². The van der Waals surface area contributed by atoms with Crippen molar-refractivity contribution in [1.82, 2.24) is 19.2 Å². The number of rotatable bonds is 2. The largest absolute Gasteiger partial charge is 0.443 e. The minimum absolute atomic E-state index is 0.232. The number of hydrogen-bond acceptors (Lipinski definition) is 5. The molecule has 0 saturated carbocycles. The van der Waals surface area contributed by atoms with Gasteiger partial charge in [-0.15, -0.1) is 5.10 Å². The van der Waals surface area contributed by atoms with Gasteiger partial charge in [0.15, 0.2) is 0 Å². The molecule has 1 atom stereocenters. The van der Waals surface area contributed by atoms with Gasteiger partial charge in [-0.05, 0) is 45.0 Å². The third kappa shape index (κ3) is 3.09. The van der Waals surface area contributed by atoms with Crippen molar-refractivity contribution in [2.45, 2.75) is 31.5 Å². The number of carbonyl (C=O) groups excluding carboxylic acids is 1. The molecule has 3 aromatic heterocycles. The highest BCUT2D eigenvalue weighted by atomic mass is 32.2. The zero-order valence-electron chi connectivity index (χ0n) is 13.9. The van der Waals surface area contributed by atoms with Crippen LogP contribution in [-0.2, 0) is 15.5 Å². The molecular weight excluding hydrogens is 328 g/mol. The van der Waals surface area contributed by atoms with Crippen molar-refractivity contribution in [1.29, 1.82) is 0 Å². The molecule has 0 N–H and O–H groups in total. The van der Waals surface area contributed by atoms with E-state index in [1.807, 2.05) is 32.9 Å². The maximum absolute atomic E-state index is 12.4. The zero-order chi connectivity index (χ0) is 17.5. The Morgan fingerprint density at radius 1 is 1.21 bits per heavy atom. The standard InChI is InChI=1S/C16H18N4O3S/c1-16(2,3)23-15(21)19-9-5-6-12(19)13-8-7-11-10-17-14(24(4)22)18-20(11)13/h5-10H,1-4H3. The van der Waals surface area contributed by atoms with Crippen LogP contribution in [0.3, 0.4) is 0 Å². The van der Waals surface area contributed by atoms with Gasteiger partial charge in [-0.2, -0.15) is 0 Å². The minimum Gasteiger partial charge on any atom is -0.443 e. The first kappa shape index (κ1) is 16.4. The summed E-state index contributed by atoms with van der Waals surface area (Å²) < 4.78 is 20.1. The summed E-state index contributed by atoms with van der Waals surface area (Å²) in [6.07, 6.45) is 4.30. The van der Waals surface area contributed by atoms with E-state index in [0.717, 1.165) is 5.52 Å². The Balaban J connectivity index is 2.09. The van der Waals surface area contributed by atoms with Crippen molar-refractivity contribution >= 4 is 22.4 Å². The molecule has 8 heteroatoms. The number of nitrogens with zero attached hydrogens (tertiary/aromatic N) is 4. The minimum atomic E-state index is -1.29. The van der Waals surface area contributed by atoms with Crippen molar-refractivity contribution in [2.75, 3.05) is 6.26 Å². The zero-order valence-corrected chi connectivity index (χ0v) is 14.7. The van der Waals surface area contributed by atoms with Crippen LogP contribution >= 0.6 is 0 Å². The summed E-state index contributed by atoms with van der Waals surface area (Å²) in [5.41, 5.74) is 1.48. The number of ether oxygens (including phenoxy) is 1. The summed E-state index contributed by atoms with van der Waals surface area (Å²) in [5, 5.41) is 4.54. The lowest BCUT2D eigenvalue weighted by molar-refractivity contribution is 0.0540. The van der Waals surface area contributed by atoms with E-state index in [9.17, 15) is 9.00 Å². The molecule has 0 spiro atoms. The first-order chi connectivity index (χ1) is 11.3. The van der Waals surface area contributed by atoms with Crippen molar-refractivity contribution in [3.05, 3.63) is 36.7 Å². The van der Waals surface area contributed by atoms with Gasteiger partial charge in [0.2, 0.25) is 5.16 Å². The molecule has 0 radical (unpaired) electrons. The molecule has 3 heterocycles. The fourth-order valence-electron chi connectivity index (χ4n) is 2.27. The molecule has 0 saturated heterocycles. The van der Waals surface area contributed by atoms with Crippen LogP contribution in [0.1, 0.15) is 20.8 Å². The molecule has 126 valence electrons. The summed E-state index contributed by atoms with van der Waals surface area (Å²) in [5.74, 6) is 0. The van der Waals surface area contributed by atoms with Crippen LogP contribution in [0.15, 0.2) is 41.8 Å². The maximum atomic E-state index is 12.4. The Morgan fingerprint density at radius 3 is 2.62 bits per heavy atom. The second kappa shape index (κ2) is 5.86. The average Bonchev–Trinajstić information content (AvgIpc) is 3.10. The second-order valence-corrected chi connectivity index (χ2v) is 7.57. The molecule has 0 fully saturated rings. The topological polar surface area (TPSA) is 78.5 Å². The SMILES string of the molecule is CS(=O)c1ncc2ccc(-c3cccn3C(=O)OC(C)(C)C)n2n1. The Labute approximate surface area is 141 Å². The van der Waals surface area contributed by atoms with Crippen LogP contribution in [0.2, 0.25) is 0 Å². The Kier molecular flexibility index (Phi) is 4.00. The van der Waals surface area contributed by atoms with Crippen molar-refractivity contribution in [3.8, 4) is 11.4 Å². The third-order valence-corrected chi connectivity index (χ3v) is 3.94. The lowest BCUT2D eigenvalue weighted by Gasteiger charge is -2.20. The molecule has 3 aromatic rings. The second-order valence-electron chi connectivity index (χ2n) is 6.29. The van der Waals surface area contributed by atoms with Crippen molar-refractivity contribution < 1.29 is 13.7 Å². The van der Waals surface area contributed by atoms with Crippen molar-refractivity contribution in [3.63, 3.8) is 0 Å². The molecule has 0 aliphatic carbocycles. The van der Waals surface area contributed by atoms with E-state index in [0.29, 0.717) is 11.4 Å². The Hall–Kier alpha value is -2.48. The summed E-state index contributed by atoms with van der Waals surface area (Å²) in [7, 11) is -1.29. The van der Waals surface area contributed by atoms with Crippen LogP contribution < -0.4 is 0 Å². The van der Waals surface area contributed by atoms with E-state index < -0.39 is 22.5 Å². The summed E-state index contributed by atoms with van der Waals surface area (Å²) in [4.78, 5) is 16.5. The van der Waals surface area contributed by atoms with Gasteiger partial charge in [0.05, 0.1) is 33.9 Å². The van der Waals surface area contributed by atoms with Gasteiger partial charge in [0, 0.05) is 12.5 Å². The molecule has 0 bridgehead atoms. The maximum Gasteiger partial charge on any atom is 0.419 e. The van der Waals surface area contributed by atoms with Crippen LogP contribution in [0.5, 0.6) is 0 Å². The van der Waals surface area contributed by atoms with Gasteiger partial charge in [-0.25, -0.2) is 14.3 Å². The summed E-state index contributed by atoms with van der Waals surface area (Å²) >= 11 is 0. The molecular formula is C16H18N4O3S. The van der Waals surface area contributed by atoms with Gasteiger partial charge in [-0.1, -0.05) is 0 Å². The van der Waals surface area contributed by atoms with Crippen LogP contribution in [0.25, 0.3) is 16.9 Å². The van der Waals surface area contributed by atoms with E-state index in [1.54, 1.807) is 29.0 Å². The molecule has 0 aliphatic heterocycles. The lowest BCUT2D eigenvalue weighted by atomic mass is 10.2. The van der Waals surface area contributed by atoms with Gasteiger partial charge >= 0.3 is 6.09 Å². The molecule has 1 unspecified atom stereocenters. The summed E-state index contributed by atoms with van der Waals surface area (Å²) in [6.45, 7) is 5.45. The molecule has 3 rings (SSSR count). The van der Waals surface area contributed by atoms with E-state index in [1.165, 1.54) is 10.8 Å². The normalized spacial score (nSPS) is 13.2. The van der Waals surface area contributed by atoms with Gasteiger partial charge in [-0.3, -0.25) is 8.78 Å². The highest BCUT2D eigenvalue weighted by Gasteiger charge is 2.21. The monoisotopic (exact) mass is 346 g/mol. The fraction of sp³-hybridized carbons (Fsp3) is 0.312. The first-order valence-electron chi connectivity index (χ1n) is 7.35. The smallest absolute Gasteiger partial charge is 0.419 e. The molecule has 0 aromatic carbocycles. The molecule has 24 heavy (non-hydrogen) atoms. The Bertz CT molecular complexity index is 936. The lowest BCUT2D eigenvalue weighted by Crippen LogP contribution is -2.27. The number of hydrogen-bond donors (Lipinski definition) is 0. The van der Waals surface area contributed by atoms with E-state index >= 15 is 0 Å². The fourth-order valence-corrected chi connectivity index (χ4v) is 2.67. The van der Waals surface area contributed by atoms with Crippen molar-refractivity contribution in [2.24, 2.45) is 0 Å². The predicted molar refractivity (Wildman–Crippen MR) is 90.4 cm³/mol. The van der Waals surface area contributed by atoms with Crippen LogP contribution in [0.4, 0.5) is 4.79 Å². The summed E-state index contributed by atoms with van der Waals surface area (Å²) in [6, 6.07) is 7.24. The van der Waals surface area contributed by atoms with E-state index in [4.69, 9.17) is 4.74 Å². The average molecular weight is 346 g/mol. The van der Waals surface area contributed by atoms with Crippen LogP contribution in [0, 0.1) is 0 Å². The van der Waals surface area contributed by atoms with Gasteiger partial charge in [0.25, 0.3) is 0 Å².